The first-order valence-corrected chi connectivity index (χ1v) is 5.72. The highest BCUT2D eigenvalue weighted by Gasteiger charge is 2.13. The largest absolute Gasteiger partial charge is 0.478 e. The number of carboxylic acids is 1. The normalized spacial score (nSPS) is 11.9. The smallest absolute Gasteiger partial charge is 0.335 e. The number of anilines is 1. The average molecular weight is 251 g/mol. The molecule has 0 aliphatic carbocycles. The van der Waals surface area contributed by atoms with Crippen LogP contribution in [0, 0.1) is 6.92 Å². The van der Waals surface area contributed by atoms with Gasteiger partial charge in [0.15, 0.2) is 0 Å². The predicted molar refractivity (Wildman–Crippen MR) is 67.9 cm³/mol. The van der Waals surface area contributed by atoms with E-state index in [4.69, 9.17) is 9.84 Å². The van der Waals surface area contributed by atoms with Gasteiger partial charge in [0.25, 0.3) is 5.91 Å². The van der Waals surface area contributed by atoms with Crippen molar-refractivity contribution in [2.75, 3.05) is 11.9 Å². The van der Waals surface area contributed by atoms with Crippen LogP contribution in [0.3, 0.4) is 0 Å². The number of aromatic carboxylic acids is 1. The third-order valence-electron chi connectivity index (χ3n) is 2.51. The van der Waals surface area contributed by atoms with E-state index in [2.05, 4.69) is 5.32 Å². The summed E-state index contributed by atoms with van der Waals surface area (Å²) in [7, 11) is 0. The number of rotatable bonds is 5. The second-order valence-electron chi connectivity index (χ2n) is 3.92. The molecule has 2 N–H and O–H groups in total. The van der Waals surface area contributed by atoms with Gasteiger partial charge in [-0.1, -0.05) is 0 Å². The highest BCUT2D eigenvalue weighted by Crippen LogP contribution is 2.15. The number of carboxylic acid groups (broad SMARTS) is 1. The first kappa shape index (κ1) is 14.2. The Morgan fingerprint density at radius 1 is 1.44 bits per heavy atom. The summed E-state index contributed by atoms with van der Waals surface area (Å²) in [6, 6.07) is 4.66. The van der Waals surface area contributed by atoms with Gasteiger partial charge in [0.2, 0.25) is 0 Å². The Bertz CT molecular complexity index is 456. The minimum Gasteiger partial charge on any atom is -0.478 e. The summed E-state index contributed by atoms with van der Waals surface area (Å²) >= 11 is 0. The van der Waals surface area contributed by atoms with Crippen LogP contribution in [0.15, 0.2) is 18.2 Å². The summed E-state index contributed by atoms with van der Waals surface area (Å²) in [4.78, 5) is 22.5. The van der Waals surface area contributed by atoms with E-state index in [-0.39, 0.29) is 11.5 Å². The molecule has 1 aromatic rings. The molecule has 5 nitrogen and oxygen atoms in total. The molecule has 0 aromatic heterocycles. The van der Waals surface area contributed by atoms with Gasteiger partial charge >= 0.3 is 5.97 Å². The standard InChI is InChI=1S/C13H17NO4/c1-4-18-9(3)12(15)14-10-5-6-11(13(16)17)8(2)7-10/h5-7,9H,4H2,1-3H3,(H,14,15)(H,16,17). The van der Waals surface area contributed by atoms with E-state index < -0.39 is 12.1 Å². The van der Waals surface area contributed by atoms with Crippen molar-refractivity contribution in [2.45, 2.75) is 26.9 Å². The first-order chi connectivity index (χ1) is 8.45. The Labute approximate surface area is 106 Å². The molecule has 1 amide bonds. The lowest BCUT2D eigenvalue weighted by Crippen LogP contribution is -2.27. The van der Waals surface area contributed by atoms with Crippen molar-refractivity contribution < 1.29 is 19.4 Å². The third kappa shape index (κ3) is 3.56. The fraction of sp³-hybridized carbons (Fsp3) is 0.385. The minimum absolute atomic E-state index is 0.228. The number of carbonyl (C=O) groups excluding carboxylic acids is 1. The van der Waals surface area contributed by atoms with Crippen molar-refractivity contribution in [3.8, 4) is 0 Å². The summed E-state index contributed by atoms with van der Waals surface area (Å²) in [5.74, 6) is -1.23. The molecule has 0 bridgehead atoms. The molecular weight excluding hydrogens is 234 g/mol. The van der Waals surface area contributed by atoms with Gasteiger partial charge in [-0.15, -0.1) is 0 Å². The van der Waals surface area contributed by atoms with Gasteiger partial charge in [-0.05, 0) is 44.5 Å². The van der Waals surface area contributed by atoms with Crippen molar-refractivity contribution in [1.29, 1.82) is 0 Å². The number of carbonyl (C=O) groups is 2. The van der Waals surface area contributed by atoms with Crippen molar-refractivity contribution in [1.82, 2.24) is 0 Å². The SMILES string of the molecule is CCOC(C)C(=O)Nc1ccc(C(=O)O)c(C)c1. The Morgan fingerprint density at radius 3 is 2.61 bits per heavy atom. The zero-order chi connectivity index (χ0) is 13.7. The number of aryl methyl sites for hydroxylation is 1. The van der Waals surface area contributed by atoms with Crippen LogP contribution in [-0.2, 0) is 9.53 Å². The Balaban J connectivity index is 2.77. The number of amides is 1. The predicted octanol–water partition coefficient (Wildman–Crippen LogP) is 2.06. The molecule has 1 aromatic carbocycles. The lowest BCUT2D eigenvalue weighted by molar-refractivity contribution is -0.126. The summed E-state index contributed by atoms with van der Waals surface area (Å²) in [6.07, 6.45) is -0.533. The summed E-state index contributed by atoms with van der Waals surface area (Å²) in [6.45, 7) is 5.63. The fourth-order valence-corrected chi connectivity index (χ4v) is 1.55. The summed E-state index contributed by atoms with van der Waals surface area (Å²) in [5, 5.41) is 11.6. The van der Waals surface area contributed by atoms with Crippen LogP contribution in [0.5, 0.6) is 0 Å². The van der Waals surface area contributed by atoms with Crippen LogP contribution in [0.2, 0.25) is 0 Å². The molecule has 0 aliphatic heterocycles. The van der Waals surface area contributed by atoms with E-state index in [0.717, 1.165) is 0 Å². The first-order valence-electron chi connectivity index (χ1n) is 5.72. The molecular formula is C13H17NO4. The van der Waals surface area contributed by atoms with E-state index >= 15 is 0 Å². The number of nitrogens with one attached hydrogen (secondary N) is 1. The Morgan fingerprint density at radius 2 is 2.11 bits per heavy atom. The quantitative estimate of drug-likeness (QED) is 0.839. The molecule has 1 rings (SSSR count). The van der Waals surface area contributed by atoms with E-state index in [1.165, 1.54) is 6.07 Å². The molecule has 0 fully saturated rings. The topological polar surface area (TPSA) is 75.6 Å². The van der Waals surface area contributed by atoms with Crippen LogP contribution in [0.1, 0.15) is 29.8 Å². The molecule has 0 spiro atoms. The molecule has 0 heterocycles. The molecule has 0 saturated carbocycles. The number of benzene rings is 1. The maximum Gasteiger partial charge on any atom is 0.335 e. The number of hydrogen-bond acceptors (Lipinski definition) is 3. The molecule has 0 radical (unpaired) electrons. The number of ether oxygens (including phenoxy) is 1. The van der Waals surface area contributed by atoms with Gasteiger partial charge in [0, 0.05) is 12.3 Å². The monoisotopic (exact) mass is 251 g/mol. The molecule has 5 heteroatoms. The fourth-order valence-electron chi connectivity index (χ4n) is 1.55. The van der Waals surface area contributed by atoms with E-state index in [1.54, 1.807) is 26.0 Å². The second kappa shape index (κ2) is 6.16. The lowest BCUT2D eigenvalue weighted by Gasteiger charge is -2.12. The zero-order valence-corrected chi connectivity index (χ0v) is 10.7. The summed E-state index contributed by atoms with van der Waals surface area (Å²) in [5.41, 5.74) is 1.39. The van der Waals surface area contributed by atoms with Gasteiger partial charge in [-0.2, -0.15) is 0 Å². The molecule has 1 atom stereocenters. The van der Waals surface area contributed by atoms with Crippen molar-refractivity contribution in [3.05, 3.63) is 29.3 Å². The Hall–Kier alpha value is -1.88. The van der Waals surface area contributed by atoms with Crippen molar-refractivity contribution in [2.24, 2.45) is 0 Å². The minimum atomic E-state index is -0.979. The second-order valence-corrected chi connectivity index (χ2v) is 3.92. The van der Waals surface area contributed by atoms with E-state index in [0.29, 0.717) is 17.9 Å². The molecule has 98 valence electrons. The van der Waals surface area contributed by atoms with Gasteiger partial charge in [-0.25, -0.2) is 4.79 Å². The summed E-state index contributed by atoms with van der Waals surface area (Å²) < 4.78 is 5.16. The van der Waals surface area contributed by atoms with Crippen molar-refractivity contribution >= 4 is 17.6 Å². The average Bonchev–Trinajstić information content (AvgIpc) is 2.28. The molecule has 18 heavy (non-hydrogen) atoms. The Kier molecular flexibility index (Phi) is 4.85. The molecule has 1 unspecified atom stereocenters. The maximum absolute atomic E-state index is 11.7. The van der Waals surface area contributed by atoms with Gasteiger partial charge in [0.05, 0.1) is 5.56 Å². The number of hydrogen-bond donors (Lipinski definition) is 2. The van der Waals surface area contributed by atoms with Crippen LogP contribution < -0.4 is 5.32 Å². The van der Waals surface area contributed by atoms with Gasteiger partial charge in [-0.3, -0.25) is 4.79 Å². The third-order valence-corrected chi connectivity index (χ3v) is 2.51. The van der Waals surface area contributed by atoms with Crippen LogP contribution >= 0.6 is 0 Å². The molecule has 0 aliphatic rings. The maximum atomic E-state index is 11.7. The van der Waals surface area contributed by atoms with Crippen molar-refractivity contribution in [3.63, 3.8) is 0 Å². The lowest BCUT2D eigenvalue weighted by atomic mass is 10.1. The van der Waals surface area contributed by atoms with Crippen LogP contribution in [-0.4, -0.2) is 29.7 Å². The highest BCUT2D eigenvalue weighted by atomic mass is 16.5. The van der Waals surface area contributed by atoms with Crippen LogP contribution in [0.25, 0.3) is 0 Å². The highest BCUT2D eigenvalue weighted by molar-refractivity contribution is 5.95. The van der Waals surface area contributed by atoms with Gasteiger partial charge in [0.1, 0.15) is 6.10 Å². The molecule has 0 saturated heterocycles. The van der Waals surface area contributed by atoms with E-state index in [9.17, 15) is 9.59 Å². The van der Waals surface area contributed by atoms with Crippen LogP contribution in [0.4, 0.5) is 5.69 Å². The van der Waals surface area contributed by atoms with Gasteiger partial charge < -0.3 is 15.2 Å². The zero-order valence-electron chi connectivity index (χ0n) is 10.7. The van der Waals surface area contributed by atoms with E-state index in [1.807, 2.05) is 6.92 Å².